The van der Waals surface area contributed by atoms with Crippen LogP contribution in [0.4, 0.5) is 0 Å². The highest BCUT2D eigenvalue weighted by atomic mass is 16.5. The highest BCUT2D eigenvalue weighted by Gasteiger charge is 2.11. The average molecular weight is 193 g/mol. The number of likely N-dealkylation sites (N-methyl/N-ethyl adjacent to an activating group) is 1. The average Bonchev–Trinajstić information content (AvgIpc) is 2.18. The van der Waals surface area contributed by atoms with Crippen LogP contribution in [-0.4, -0.2) is 19.7 Å². The first kappa shape index (κ1) is 11.2. The van der Waals surface area contributed by atoms with Crippen LogP contribution in [-0.2, 0) is 4.74 Å². The third kappa shape index (κ3) is 3.48. The van der Waals surface area contributed by atoms with Crippen molar-refractivity contribution in [2.45, 2.75) is 26.1 Å². The summed E-state index contributed by atoms with van der Waals surface area (Å²) in [7, 11) is 1.94. The van der Waals surface area contributed by atoms with Crippen LogP contribution in [0.3, 0.4) is 0 Å². The molecule has 1 atom stereocenters. The number of hydrogen-bond acceptors (Lipinski definition) is 2. The topological polar surface area (TPSA) is 21.3 Å². The molecule has 0 fully saturated rings. The van der Waals surface area contributed by atoms with Gasteiger partial charge in [0, 0.05) is 6.54 Å². The van der Waals surface area contributed by atoms with Gasteiger partial charge >= 0.3 is 0 Å². The van der Waals surface area contributed by atoms with E-state index in [1.54, 1.807) is 0 Å². The van der Waals surface area contributed by atoms with Gasteiger partial charge in [-0.2, -0.15) is 0 Å². The van der Waals surface area contributed by atoms with Crippen molar-refractivity contribution in [1.29, 1.82) is 0 Å². The molecule has 0 saturated heterocycles. The Balaban J connectivity index is 2.67. The molecule has 0 saturated carbocycles. The molecule has 0 radical (unpaired) electrons. The van der Waals surface area contributed by atoms with Crippen LogP contribution >= 0.6 is 0 Å². The molecule has 0 bridgehead atoms. The standard InChI is InChI=1S/C12H19NO/c1-10(2)14-12(9-13-3)11-7-5-4-6-8-11/h4-8,10,12-13H,9H2,1-3H3. The molecule has 0 spiro atoms. The Morgan fingerprint density at radius 1 is 1.21 bits per heavy atom. The molecule has 1 aromatic carbocycles. The molecule has 1 rings (SSSR count). The summed E-state index contributed by atoms with van der Waals surface area (Å²) in [6.45, 7) is 4.97. The van der Waals surface area contributed by atoms with Gasteiger partial charge < -0.3 is 10.1 Å². The predicted molar refractivity (Wildman–Crippen MR) is 59.3 cm³/mol. The van der Waals surface area contributed by atoms with Gasteiger partial charge in [-0.1, -0.05) is 30.3 Å². The maximum absolute atomic E-state index is 5.81. The summed E-state index contributed by atoms with van der Waals surface area (Å²) in [5.74, 6) is 0. The zero-order valence-electron chi connectivity index (χ0n) is 9.16. The number of ether oxygens (including phenoxy) is 1. The van der Waals surface area contributed by atoms with Crippen molar-refractivity contribution in [2.75, 3.05) is 13.6 Å². The molecule has 0 heterocycles. The number of hydrogen-bond donors (Lipinski definition) is 1. The summed E-state index contributed by atoms with van der Waals surface area (Å²) in [5, 5.41) is 3.15. The van der Waals surface area contributed by atoms with Crippen LogP contribution in [0.5, 0.6) is 0 Å². The summed E-state index contributed by atoms with van der Waals surface area (Å²) < 4.78 is 5.81. The van der Waals surface area contributed by atoms with E-state index >= 15 is 0 Å². The summed E-state index contributed by atoms with van der Waals surface area (Å²) >= 11 is 0. The highest BCUT2D eigenvalue weighted by Crippen LogP contribution is 2.17. The Hall–Kier alpha value is -0.860. The van der Waals surface area contributed by atoms with E-state index in [4.69, 9.17) is 4.74 Å². The molecule has 0 aromatic heterocycles. The Labute approximate surface area is 86.3 Å². The van der Waals surface area contributed by atoms with Crippen molar-refractivity contribution in [3.05, 3.63) is 35.9 Å². The predicted octanol–water partition coefficient (Wildman–Crippen LogP) is 2.37. The van der Waals surface area contributed by atoms with E-state index < -0.39 is 0 Å². The van der Waals surface area contributed by atoms with E-state index in [1.807, 2.05) is 25.2 Å². The smallest absolute Gasteiger partial charge is 0.0952 e. The molecule has 2 nitrogen and oxygen atoms in total. The molecule has 1 aromatic rings. The first-order chi connectivity index (χ1) is 6.74. The Bertz CT molecular complexity index is 246. The van der Waals surface area contributed by atoms with Gasteiger partial charge in [-0.3, -0.25) is 0 Å². The van der Waals surface area contributed by atoms with Crippen molar-refractivity contribution in [3.8, 4) is 0 Å². The fourth-order valence-corrected chi connectivity index (χ4v) is 1.43. The first-order valence-corrected chi connectivity index (χ1v) is 5.09. The minimum atomic E-state index is 0.154. The van der Waals surface area contributed by atoms with E-state index in [0.717, 1.165) is 6.54 Å². The molecule has 0 aliphatic heterocycles. The van der Waals surface area contributed by atoms with Gasteiger partial charge in [0.05, 0.1) is 12.2 Å². The maximum atomic E-state index is 5.81. The minimum absolute atomic E-state index is 0.154. The molecule has 14 heavy (non-hydrogen) atoms. The lowest BCUT2D eigenvalue weighted by atomic mass is 10.1. The molecule has 0 amide bonds. The lowest BCUT2D eigenvalue weighted by molar-refractivity contribution is 0.00814. The van der Waals surface area contributed by atoms with Gasteiger partial charge in [0.2, 0.25) is 0 Å². The number of nitrogens with one attached hydrogen (secondary N) is 1. The zero-order chi connectivity index (χ0) is 10.4. The van der Waals surface area contributed by atoms with Crippen LogP contribution in [0.15, 0.2) is 30.3 Å². The molecular weight excluding hydrogens is 174 g/mol. The zero-order valence-corrected chi connectivity index (χ0v) is 9.16. The van der Waals surface area contributed by atoms with Gasteiger partial charge in [0.25, 0.3) is 0 Å². The lowest BCUT2D eigenvalue weighted by Crippen LogP contribution is -2.22. The fraction of sp³-hybridized carbons (Fsp3) is 0.500. The van der Waals surface area contributed by atoms with Crippen LogP contribution < -0.4 is 5.32 Å². The molecule has 0 aliphatic rings. The summed E-state index contributed by atoms with van der Waals surface area (Å²) in [6, 6.07) is 10.3. The second-order valence-corrected chi connectivity index (χ2v) is 3.64. The van der Waals surface area contributed by atoms with Crippen LogP contribution in [0, 0.1) is 0 Å². The SMILES string of the molecule is CNCC(OC(C)C)c1ccccc1. The van der Waals surface area contributed by atoms with E-state index in [9.17, 15) is 0 Å². The second-order valence-electron chi connectivity index (χ2n) is 3.64. The number of benzene rings is 1. The molecule has 1 N–H and O–H groups in total. The third-order valence-corrected chi connectivity index (χ3v) is 2.00. The van der Waals surface area contributed by atoms with Crippen molar-refractivity contribution < 1.29 is 4.74 Å². The fourth-order valence-electron chi connectivity index (χ4n) is 1.43. The maximum Gasteiger partial charge on any atom is 0.0952 e. The van der Waals surface area contributed by atoms with E-state index in [-0.39, 0.29) is 12.2 Å². The molecule has 2 heteroatoms. The van der Waals surface area contributed by atoms with Crippen molar-refractivity contribution in [2.24, 2.45) is 0 Å². The Morgan fingerprint density at radius 2 is 1.86 bits per heavy atom. The van der Waals surface area contributed by atoms with E-state index in [1.165, 1.54) is 5.56 Å². The van der Waals surface area contributed by atoms with Gasteiger partial charge in [-0.25, -0.2) is 0 Å². The quantitative estimate of drug-likeness (QED) is 0.775. The van der Waals surface area contributed by atoms with Crippen molar-refractivity contribution >= 4 is 0 Å². The summed E-state index contributed by atoms with van der Waals surface area (Å²) in [5.41, 5.74) is 1.23. The second kappa shape index (κ2) is 5.78. The van der Waals surface area contributed by atoms with Gasteiger partial charge in [-0.15, -0.1) is 0 Å². The largest absolute Gasteiger partial charge is 0.370 e. The van der Waals surface area contributed by atoms with E-state index in [0.29, 0.717) is 0 Å². The van der Waals surface area contributed by atoms with Crippen LogP contribution in [0.25, 0.3) is 0 Å². The van der Waals surface area contributed by atoms with Crippen LogP contribution in [0.2, 0.25) is 0 Å². The molecule has 78 valence electrons. The first-order valence-electron chi connectivity index (χ1n) is 5.09. The lowest BCUT2D eigenvalue weighted by Gasteiger charge is -2.20. The van der Waals surface area contributed by atoms with Gasteiger partial charge in [0.15, 0.2) is 0 Å². The Kier molecular flexibility index (Phi) is 4.63. The highest BCUT2D eigenvalue weighted by molar-refractivity contribution is 5.17. The Morgan fingerprint density at radius 3 is 2.36 bits per heavy atom. The molecule has 0 aliphatic carbocycles. The normalized spacial score (nSPS) is 13.1. The van der Waals surface area contributed by atoms with Crippen molar-refractivity contribution in [3.63, 3.8) is 0 Å². The molecular formula is C12H19NO. The van der Waals surface area contributed by atoms with Crippen molar-refractivity contribution in [1.82, 2.24) is 5.32 Å². The third-order valence-electron chi connectivity index (χ3n) is 2.00. The minimum Gasteiger partial charge on any atom is -0.370 e. The monoisotopic (exact) mass is 193 g/mol. The van der Waals surface area contributed by atoms with E-state index in [2.05, 4.69) is 31.3 Å². The summed E-state index contributed by atoms with van der Waals surface area (Å²) in [4.78, 5) is 0. The molecule has 1 unspecified atom stereocenters. The van der Waals surface area contributed by atoms with Gasteiger partial charge in [-0.05, 0) is 26.5 Å². The summed E-state index contributed by atoms with van der Waals surface area (Å²) in [6.07, 6.45) is 0.412. The van der Waals surface area contributed by atoms with Gasteiger partial charge in [0.1, 0.15) is 0 Å². The number of rotatable bonds is 5. The van der Waals surface area contributed by atoms with Crippen LogP contribution in [0.1, 0.15) is 25.5 Å².